The smallest absolute Gasteiger partial charge is 0.345 e. The Morgan fingerprint density at radius 2 is 1.68 bits per heavy atom. The maximum atomic E-state index is 12.8. The zero-order valence-corrected chi connectivity index (χ0v) is 14.9. The summed E-state index contributed by atoms with van der Waals surface area (Å²) in [5, 5.41) is 5.54. The van der Waals surface area contributed by atoms with Crippen molar-refractivity contribution in [1.82, 2.24) is 15.3 Å². The van der Waals surface area contributed by atoms with Crippen LogP contribution in [-0.2, 0) is 6.18 Å². The van der Waals surface area contributed by atoms with Gasteiger partial charge in [-0.05, 0) is 30.7 Å². The number of aromatic nitrogens is 2. The lowest BCUT2D eigenvalue weighted by Gasteiger charge is -2.14. The topological polar surface area (TPSA) is 66.9 Å². The highest BCUT2D eigenvalue weighted by Crippen LogP contribution is 2.31. The molecule has 1 unspecified atom stereocenters. The number of nitrogens with one attached hydrogen (secondary N) is 2. The molecule has 5 nitrogen and oxygen atoms in total. The number of halogens is 3. The zero-order chi connectivity index (χ0) is 20.1. The van der Waals surface area contributed by atoms with Gasteiger partial charge in [-0.15, -0.1) is 0 Å². The van der Waals surface area contributed by atoms with Gasteiger partial charge < -0.3 is 10.6 Å². The van der Waals surface area contributed by atoms with Gasteiger partial charge >= 0.3 is 6.18 Å². The fourth-order valence-corrected chi connectivity index (χ4v) is 2.52. The van der Waals surface area contributed by atoms with E-state index in [1.807, 2.05) is 37.3 Å². The molecule has 0 radical (unpaired) electrons. The molecule has 144 valence electrons. The molecule has 2 aromatic carbocycles. The fraction of sp³-hybridized carbons (Fsp3) is 0.150. The number of amides is 1. The summed E-state index contributed by atoms with van der Waals surface area (Å²) in [5.74, 6) is -0.256. The van der Waals surface area contributed by atoms with Crippen LogP contribution in [0.25, 0.3) is 0 Å². The van der Waals surface area contributed by atoms with E-state index in [-0.39, 0.29) is 29.1 Å². The molecule has 1 amide bonds. The molecule has 0 saturated heterocycles. The Hall–Kier alpha value is -3.42. The van der Waals surface area contributed by atoms with E-state index in [1.54, 1.807) is 0 Å². The van der Waals surface area contributed by atoms with Crippen LogP contribution in [0.5, 0.6) is 0 Å². The van der Waals surface area contributed by atoms with Crippen molar-refractivity contribution < 1.29 is 18.0 Å². The van der Waals surface area contributed by atoms with Gasteiger partial charge in [-0.25, -0.2) is 9.97 Å². The van der Waals surface area contributed by atoms with Gasteiger partial charge in [-0.2, -0.15) is 13.2 Å². The molecule has 1 heterocycles. The molecule has 0 saturated carbocycles. The summed E-state index contributed by atoms with van der Waals surface area (Å²) < 4.78 is 38.3. The van der Waals surface area contributed by atoms with E-state index in [0.717, 1.165) is 17.7 Å². The van der Waals surface area contributed by atoms with Crippen molar-refractivity contribution in [1.29, 1.82) is 0 Å². The minimum absolute atomic E-state index is 0.0898. The summed E-state index contributed by atoms with van der Waals surface area (Å²) in [7, 11) is 0. The van der Waals surface area contributed by atoms with Crippen LogP contribution in [-0.4, -0.2) is 15.9 Å². The lowest BCUT2D eigenvalue weighted by Crippen LogP contribution is -2.26. The maximum absolute atomic E-state index is 12.8. The van der Waals surface area contributed by atoms with Crippen LogP contribution in [0.15, 0.2) is 67.0 Å². The van der Waals surface area contributed by atoms with E-state index in [2.05, 4.69) is 20.6 Å². The molecule has 3 aromatic rings. The van der Waals surface area contributed by atoms with Crippen LogP contribution in [0.1, 0.15) is 34.5 Å². The van der Waals surface area contributed by atoms with Gasteiger partial charge in [0.1, 0.15) is 0 Å². The first kappa shape index (κ1) is 19.3. The first-order chi connectivity index (χ1) is 13.3. The third kappa shape index (κ3) is 4.85. The van der Waals surface area contributed by atoms with Gasteiger partial charge in [0, 0.05) is 18.1 Å². The van der Waals surface area contributed by atoms with E-state index in [9.17, 15) is 18.0 Å². The SMILES string of the molecule is CC(NC(=O)c1cnc(Nc2cccc(C(F)(F)F)c2)nc1)c1ccccc1. The number of rotatable bonds is 5. The highest BCUT2D eigenvalue weighted by atomic mass is 19.4. The van der Waals surface area contributed by atoms with Crippen molar-refractivity contribution in [3.05, 3.63) is 83.7 Å². The normalized spacial score (nSPS) is 12.3. The lowest BCUT2D eigenvalue weighted by molar-refractivity contribution is -0.137. The lowest BCUT2D eigenvalue weighted by atomic mass is 10.1. The van der Waals surface area contributed by atoms with Crippen LogP contribution in [0, 0.1) is 0 Å². The Kier molecular flexibility index (Phi) is 5.58. The molecule has 1 atom stereocenters. The molecule has 0 spiro atoms. The molecular weight excluding hydrogens is 369 g/mol. The summed E-state index contributed by atoms with van der Waals surface area (Å²) in [6.07, 6.45) is -1.80. The third-order valence-electron chi connectivity index (χ3n) is 4.01. The second-order valence-corrected chi connectivity index (χ2v) is 6.10. The predicted molar refractivity (Wildman–Crippen MR) is 99.1 cm³/mol. The molecule has 0 aliphatic rings. The average molecular weight is 386 g/mol. The van der Waals surface area contributed by atoms with Gasteiger partial charge in [-0.1, -0.05) is 36.4 Å². The molecule has 28 heavy (non-hydrogen) atoms. The monoisotopic (exact) mass is 386 g/mol. The van der Waals surface area contributed by atoms with Crippen molar-refractivity contribution >= 4 is 17.5 Å². The molecule has 2 N–H and O–H groups in total. The van der Waals surface area contributed by atoms with Crippen molar-refractivity contribution in [2.45, 2.75) is 19.1 Å². The van der Waals surface area contributed by atoms with E-state index >= 15 is 0 Å². The molecule has 0 bridgehead atoms. The van der Waals surface area contributed by atoms with E-state index in [0.29, 0.717) is 0 Å². The molecule has 1 aromatic heterocycles. The van der Waals surface area contributed by atoms with Crippen molar-refractivity contribution in [2.24, 2.45) is 0 Å². The number of hydrogen-bond donors (Lipinski definition) is 2. The Morgan fingerprint density at radius 1 is 1.00 bits per heavy atom. The van der Waals surface area contributed by atoms with Crippen LogP contribution in [0.4, 0.5) is 24.8 Å². The summed E-state index contributed by atoms with van der Waals surface area (Å²) in [6, 6.07) is 14.0. The molecule has 0 fully saturated rings. The van der Waals surface area contributed by atoms with Gasteiger partial charge in [0.05, 0.1) is 17.2 Å². The maximum Gasteiger partial charge on any atom is 0.416 e. The summed E-state index contributed by atoms with van der Waals surface area (Å²) in [4.78, 5) is 20.3. The minimum atomic E-state index is -4.43. The highest BCUT2D eigenvalue weighted by Gasteiger charge is 2.30. The summed E-state index contributed by atoms with van der Waals surface area (Å²) >= 11 is 0. The molecule has 0 aliphatic heterocycles. The Labute approximate surface area is 159 Å². The first-order valence-electron chi connectivity index (χ1n) is 8.45. The molecule has 3 rings (SSSR count). The van der Waals surface area contributed by atoms with Gasteiger partial charge in [0.15, 0.2) is 0 Å². The number of alkyl halides is 3. The highest BCUT2D eigenvalue weighted by molar-refractivity contribution is 5.93. The van der Waals surface area contributed by atoms with Gasteiger partial charge in [-0.3, -0.25) is 4.79 Å². The number of anilines is 2. The number of carbonyl (C=O) groups is 1. The van der Waals surface area contributed by atoms with Crippen LogP contribution in [0.2, 0.25) is 0 Å². The number of hydrogen-bond acceptors (Lipinski definition) is 4. The van der Waals surface area contributed by atoms with E-state index < -0.39 is 11.7 Å². The summed E-state index contributed by atoms with van der Waals surface area (Å²) in [6.45, 7) is 1.86. The number of benzene rings is 2. The average Bonchev–Trinajstić information content (AvgIpc) is 2.69. The van der Waals surface area contributed by atoms with Crippen LogP contribution >= 0.6 is 0 Å². The Balaban J connectivity index is 1.66. The van der Waals surface area contributed by atoms with Crippen molar-refractivity contribution in [3.8, 4) is 0 Å². The third-order valence-corrected chi connectivity index (χ3v) is 4.01. The fourth-order valence-electron chi connectivity index (χ4n) is 2.52. The first-order valence-corrected chi connectivity index (χ1v) is 8.45. The molecule has 8 heteroatoms. The number of nitrogens with zero attached hydrogens (tertiary/aromatic N) is 2. The summed E-state index contributed by atoms with van der Waals surface area (Å²) in [5.41, 5.74) is 0.630. The minimum Gasteiger partial charge on any atom is -0.345 e. The second-order valence-electron chi connectivity index (χ2n) is 6.10. The second kappa shape index (κ2) is 8.08. The quantitative estimate of drug-likeness (QED) is 0.665. The van der Waals surface area contributed by atoms with Gasteiger partial charge in [0.2, 0.25) is 5.95 Å². The van der Waals surface area contributed by atoms with E-state index in [4.69, 9.17) is 0 Å². The van der Waals surface area contributed by atoms with Crippen LogP contribution in [0.3, 0.4) is 0 Å². The van der Waals surface area contributed by atoms with Crippen molar-refractivity contribution in [2.75, 3.05) is 5.32 Å². The Bertz CT molecular complexity index is 944. The van der Waals surface area contributed by atoms with Gasteiger partial charge in [0.25, 0.3) is 5.91 Å². The predicted octanol–water partition coefficient (Wildman–Crippen LogP) is 4.73. The Morgan fingerprint density at radius 3 is 2.32 bits per heavy atom. The zero-order valence-electron chi connectivity index (χ0n) is 14.9. The molecular formula is C20H17F3N4O. The molecule has 0 aliphatic carbocycles. The van der Waals surface area contributed by atoms with E-state index in [1.165, 1.54) is 24.5 Å². The number of carbonyl (C=O) groups excluding carboxylic acids is 1. The largest absolute Gasteiger partial charge is 0.416 e. The van der Waals surface area contributed by atoms with Crippen molar-refractivity contribution in [3.63, 3.8) is 0 Å². The standard InChI is InChI=1S/C20H17F3N4O/c1-13(14-6-3-2-4-7-14)26-18(28)15-11-24-19(25-12-15)27-17-9-5-8-16(10-17)20(21,22)23/h2-13H,1H3,(H,26,28)(H,24,25,27). The van der Waals surface area contributed by atoms with Crippen LogP contribution < -0.4 is 10.6 Å².